The lowest BCUT2D eigenvalue weighted by molar-refractivity contribution is -0.135. The Hall–Kier alpha value is -3.15. The topological polar surface area (TPSA) is 60.9 Å². The van der Waals surface area contributed by atoms with Crippen LogP contribution in [0.15, 0.2) is 48.5 Å². The molecule has 6 heteroatoms. The third-order valence-corrected chi connectivity index (χ3v) is 8.26. The maximum Gasteiger partial charge on any atom is 0.263 e. The Kier molecular flexibility index (Phi) is 5.83. The predicted molar refractivity (Wildman–Crippen MR) is 135 cm³/mol. The van der Waals surface area contributed by atoms with Gasteiger partial charge < -0.3 is 9.80 Å². The Balaban J connectivity index is 1.16. The molecule has 1 aliphatic carbocycles. The highest BCUT2D eigenvalue weighted by molar-refractivity contribution is 6.24. The molecular weight excluding hydrogens is 438 g/mol. The first kappa shape index (κ1) is 22.3. The molecule has 3 aliphatic heterocycles. The molecule has 0 unspecified atom stereocenters. The lowest BCUT2D eigenvalue weighted by Gasteiger charge is -2.36. The Morgan fingerprint density at radius 3 is 2.37 bits per heavy atom. The predicted octanol–water partition coefficient (Wildman–Crippen LogP) is 4.46. The number of fused-ring (bicyclic) bond motifs is 1. The van der Waals surface area contributed by atoms with Crippen molar-refractivity contribution in [2.45, 2.75) is 56.9 Å². The van der Waals surface area contributed by atoms with Gasteiger partial charge in [0.05, 0.1) is 22.7 Å². The third kappa shape index (κ3) is 4.13. The van der Waals surface area contributed by atoms with Gasteiger partial charge in [-0.15, -0.1) is 0 Å². The second-order valence-electron chi connectivity index (χ2n) is 10.6. The number of hydrogen-bond acceptors (Lipinski definition) is 4. The summed E-state index contributed by atoms with van der Waals surface area (Å²) in [5, 5.41) is 0. The van der Waals surface area contributed by atoms with E-state index in [2.05, 4.69) is 40.1 Å². The molecule has 1 saturated carbocycles. The minimum atomic E-state index is -0.156. The Morgan fingerprint density at radius 1 is 0.771 bits per heavy atom. The highest BCUT2D eigenvalue weighted by atomic mass is 16.2. The number of carbonyl (C=O) groups excluding carboxylic acids is 3. The molecule has 0 spiro atoms. The molecule has 3 amide bonds. The molecule has 2 aromatic carbocycles. The molecule has 3 heterocycles. The normalized spacial score (nSPS) is 25.0. The molecule has 6 rings (SSSR count). The van der Waals surface area contributed by atoms with Gasteiger partial charge in [-0.2, -0.15) is 0 Å². The molecule has 3 fully saturated rings. The molecule has 2 aromatic rings. The van der Waals surface area contributed by atoms with Gasteiger partial charge in [-0.05, 0) is 68.6 Å². The van der Waals surface area contributed by atoms with Gasteiger partial charge in [-0.1, -0.05) is 36.4 Å². The number of anilines is 1. The van der Waals surface area contributed by atoms with Crippen molar-refractivity contribution in [3.8, 4) is 0 Å². The van der Waals surface area contributed by atoms with Crippen LogP contribution in [0.25, 0.3) is 0 Å². The second kappa shape index (κ2) is 9.14. The van der Waals surface area contributed by atoms with Crippen LogP contribution in [0, 0.1) is 5.92 Å². The van der Waals surface area contributed by atoms with Gasteiger partial charge in [0.2, 0.25) is 5.91 Å². The zero-order chi connectivity index (χ0) is 23.9. The first-order valence-electron chi connectivity index (χ1n) is 13.2. The summed E-state index contributed by atoms with van der Waals surface area (Å²) in [4.78, 5) is 45.4. The molecule has 4 aliphatic rings. The van der Waals surface area contributed by atoms with Gasteiger partial charge >= 0.3 is 0 Å². The quantitative estimate of drug-likeness (QED) is 0.618. The molecule has 2 saturated heterocycles. The van der Waals surface area contributed by atoms with Crippen molar-refractivity contribution in [3.05, 3.63) is 65.2 Å². The summed E-state index contributed by atoms with van der Waals surface area (Å²) < 4.78 is 0. The van der Waals surface area contributed by atoms with Crippen molar-refractivity contribution < 1.29 is 14.4 Å². The van der Waals surface area contributed by atoms with E-state index >= 15 is 0 Å². The largest absolute Gasteiger partial charge is 0.370 e. The number of nitrogens with zero attached hydrogens (tertiary/aromatic N) is 3. The molecule has 0 aromatic heterocycles. The highest BCUT2D eigenvalue weighted by Gasteiger charge is 2.46. The van der Waals surface area contributed by atoms with Crippen LogP contribution in [-0.4, -0.2) is 59.7 Å². The van der Waals surface area contributed by atoms with Crippen molar-refractivity contribution in [1.82, 2.24) is 9.80 Å². The Morgan fingerprint density at radius 2 is 1.57 bits per heavy atom. The number of likely N-dealkylation sites (tertiary alicyclic amines) is 1. The van der Waals surface area contributed by atoms with Crippen LogP contribution in [0.5, 0.6) is 0 Å². The number of imide groups is 1. The average Bonchev–Trinajstić information content (AvgIpc) is 3.73. The number of carbonyl (C=O) groups is 3. The average molecular weight is 472 g/mol. The Labute approximate surface area is 206 Å². The molecule has 6 nitrogen and oxygen atoms in total. The van der Waals surface area contributed by atoms with Crippen LogP contribution in [-0.2, 0) is 4.79 Å². The van der Waals surface area contributed by atoms with Crippen molar-refractivity contribution >= 4 is 23.4 Å². The van der Waals surface area contributed by atoms with E-state index in [1.165, 1.54) is 10.5 Å². The van der Waals surface area contributed by atoms with Crippen molar-refractivity contribution in [3.63, 3.8) is 0 Å². The minimum absolute atomic E-state index is 0.0636. The van der Waals surface area contributed by atoms with E-state index in [4.69, 9.17) is 0 Å². The highest BCUT2D eigenvalue weighted by Crippen LogP contribution is 2.39. The maximum atomic E-state index is 13.6. The molecule has 0 radical (unpaired) electrons. The molecule has 0 N–H and O–H groups in total. The summed E-state index contributed by atoms with van der Waals surface area (Å²) in [5.41, 5.74) is 3.26. The molecule has 2 atom stereocenters. The lowest BCUT2D eigenvalue weighted by atomic mass is 9.92. The molecule has 0 bridgehead atoms. The van der Waals surface area contributed by atoms with Crippen LogP contribution in [0.3, 0.4) is 0 Å². The summed E-state index contributed by atoms with van der Waals surface area (Å²) in [6.07, 6.45) is 6.76. The van der Waals surface area contributed by atoms with Gasteiger partial charge in [0, 0.05) is 32.2 Å². The number of rotatable bonds is 4. The number of hydrogen-bond donors (Lipinski definition) is 0. The van der Waals surface area contributed by atoms with E-state index in [0.717, 1.165) is 70.3 Å². The van der Waals surface area contributed by atoms with E-state index < -0.39 is 0 Å². The van der Waals surface area contributed by atoms with E-state index in [1.807, 2.05) is 12.1 Å². The van der Waals surface area contributed by atoms with Crippen molar-refractivity contribution in [2.24, 2.45) is 5.92 Å². The monoisotopic (exact) mass is 471 g/mol. The molecular formula is C29H33N3O3. The maximum absolute atomic E-state index is 13.6. The van der Waals surface area contributed by atoms with Crippen LogP contribution in [0.1, 0.15) is 77.1 Å². The number of benzene rings is 2. The smallest absolute Gasteiger partial charge is 0.263 e. The summed E-state index contributed by atoms with van der Waals surface area (Å²) in [5.74, 6) is 0.381. The van der Waals surface area contributed by atoms with Crippen molar-refractivity contribution in [2.75, 3.05) is 31.1 Å². The van der Waals surface area contributed by atoms with Crippen LogP contribution >= 0.6 is 0 Å². The second-order valence-corrected chi connectivity index (χ2v) is 10.6. The number of amides is 3. The van der Waals surface area contributed by atoms with Gasteiger partial charge in [0.1, 0.15) is 0 Å². The fourth-order valence-electron chi connectivity index (χ4n) is 6.24. The Bertz CT molecular complexity index is 1140. The van der Waals surface area contributed by atoms with E-state index in [-0.39, 0.29) is 29.7 Å². The van der Waals surface area contributed by atoms with Crippen LogP contribution in [0.4, 0.5) is 5.69 Å². The summed E-state index contributed by atoms with van der Waals surface area (Å²) in [6, 6.07) is 16.3. The summed E-state index contributed by atoms with van der Waals surface area (Å²) in [6.45, 7) is 3.04. The first-order valence-corrected chi connectivity index (χ1v) is 13.2. The fraction of sp³-hybridized carbons (Fsp3) is 0.483. The van der Waals surface area contributed by atoms with Gasteiger partial charge in [0.15, 0.2) is 0 Å². The lowest BCUT2D eigenvalue weighted by Crippen LogP contribution is -2.45. The summed E-state index contributed by atoms with van der Waals surface area (Å²) >= 11 is 0. The third-order valence-electron chi connectivity index (χ3n) is 8.26. The van der Waals surface area contributed by atoms with Crippen LogP contribution < -0.4 is 4.90 Å². The molecule has 182 valence electrons. The molecule has 35 heavy (non-hydrogen) atoms. The zero-order valence-electron chi connectivity index (χ0n) is 20.2. The van der Waals surface area contributed by atoms with Gasteiger partial charge in [0.25, 0.3) is 11.8 Å². The SMILES string of the molecule is O=C([C@@H]1CCCN(c2cccc3c2C(=O)N(C2CC2)C3=O)C1)N1CCC[C@@H](c2ccccc2)CC1. The van der Waals surface area contributed by atoms with Crippen LogP contribution in [0.2, 0.25) is 0 Å². The standard InChI is InChI=1S/C29H33N3O3/c33-27(30-16-5-9-21(15-18-30)20-7-2-1-3-8-20)22-10-6-17-31(19-22)25-12-4-11-24-26(25)29(35)32(28(24)34)23-13-14-23/h1-4,7-8,11-12,21-23H,5-6,9-10,13-19H2/t21-,22-/m1/s1. The number of piperidine rings is 1. The van der Waals surface area contributed by atoms with Gasteiger partial charge in [-0.3, -0.25) is 19.3 Å². The van der Waals surface area contributed by atoms with Gasteiger partial charge in [-0.25, -0.2) is 0 Å². The first-order chi connectivity index (χ1) is 17.1. The van der Waals surface area contributed by atoms with E-state index in [9.17, 15) is 14.4 Å². The van der Waals surface area contributed by atoms with E-state index in [1.54, 1.807) is 6.07 Å². The fourth-order valence-corrected chi connectivity index (χ4v) is 6.24. The zero-order valence-corrected chi connectivity index (χ0v) is 20.2. The summed E-state index contributed by atoms with van der Waals surface area (Å²) in [7, 11) is 0. The van der Waals surface area contributed by atoms with Crippen molar-refractivity contribution in [1.29, 1.82) is 0 Å². The minimum Gasteiger partial charge on any atom is -0.370 e. The van der Waals surface area contributed by atoms with E-state index in [0.29, 0.717) is 23.6 Å².